The molecule has 8 heteroatoms. The Kier molecular flexibility index (Phi) is 3.65. The van der Waals surface area contributed by atoms with Crippen molar-refractivity contribution < 1.29 is 5.11 Å². The van der Waals surface area contributed by atoms with Gasteiger partial charge in [-0.05, 0) is 17.7 Å². The molecule has 3 aromatic rings. The molecular weight excluding hydrogens is 292 g/mol. The maximum Gasteiger partial charge on any atom is 0.241 e. The predicted molar refractivity (Wildman–Crippen MR) is 77.4 cm³/mol. The average Bonchev–Trinajstić information content (AvgIpc) is 3.00. The first kappa shape index (κ1) is 13.3. The number of aromatic hydroxyl groups is 1. The van der Waals surface area contributed by atoms with Crippen molar-refractivity contribution >= 4 is 17.5 Å². The number of rotatable bonds is 4. The second-order valence-electron chi connectivity index (χ2n) is 4.18. The zero-order valence-corrected chi connectivity index (χ0v) is 11.6. The maximum absolute atomic E-state index is 9.72. The lowest BCUT2D eigenvalue weighted by atomic mass is 10.2. The van der Waals surface area contributed by atoms with Crippen molar-refractivity contribution in [1.82, 2.24) is 24.5 Å². The van der Waals surface area contributed by atoms with E-state index in [2.05, 4.69) is 25.3 Å². The molecule has 0 bridgehead atoms. The molecule has 0 aliphatic carbocycles. The van der Waals surface area contributed by atoms with Gasteiger partial charge < -0.3 is 10.4 Å². The van der Waals surface area contributed by atoms with E-state index in [4.69, 9.17) is 11.6 Å². The number of para-hydroxylation sites is 1. The van der Waals surface area contributed by atoms with Gasteiger partial charge in [0.1, 0.15) is 12.1 Å². The maximum atomic E-state index is 9.72. The Balaban J connectivity index is 1.81. The van der Waals surface area contributed by atoms with Crippen LogP contribution in [0.4, 0.5) is 5.95 Å². The minimum atomic E-state index is 0.0773. The molecule has 0 radical (unpaired) electrons. The van der Waals surface area contributed by atoms with E-state index >= 15 is 0 Å². The first-order valence-electron chi connectivity index (χ1n) is 6.13. The Morgan fingerprint density at radius 3 is 2.81 bits per heavy atom. The number of anilines is 1. The van der Waals surface area contributed by atoms with Gasteiger partial charge in [0.15, 0.2) is 0 Å². The highest BCUT2D eigenvalue weighted by molar-refractivity contribution is 6.28. The summed E-state index contributed by atoms with van der Waals surface area (Å²) in [6, 6.07) is 7.03. The van der Waals surface area contributed by atoms with Gasteiger partial charge in [0, 0.05) is 24.5 Å². The van der Waals surface area contributed by atoms with Crippen LogP contribution >= 0.6 is 11.6 Å². The third-order valence-electron chi connectivity index (χ3n) is 2.76. The molecule has 0 saturated heterocycles. The van der Waals surface area contributed by atoms with Crippen LogP contribution in [0.2, 0.25) is 5.28 Å². The van der Waals surface area contributed by atoms with Crippen molar-refractivity contribution in [2.45, 2.75) is 6.54 Å². The highest BCUT2D eigenvalue weighted by atomic mass is 35.5. The fourth-order valence-electron chi connectivity index (χ4n) is 1.75. The van der Waals surface area contributed by atoms with Gasteiger partial charge in [0.2, 0.25) is 17.2 Å². The molecule has 2 heterocycles. The summed E-state index contributed by atoms with van der Waals surface area (Å²) in [5.74, 6) is 0.897. The zero-order chi connectivity index (χ0) is 14.7. The van der Waals surface area contributed by atoms with Crippen LogP contribution in [0.1, 0.15) is 5.56 Å². The Hall–Kier alpha value is -2.67. The van der Waals surface area contributed by atoms with Crippen LogP contribution in [-0.2, 0) is 6.54 Å². The number of halogens is 1. The van der Waals surface area contributed by atoms with Gasteiger partial charge in [0.05, 0.1) is 0 Å². The summed E-state index contributed by atoms with van der Waals surface area (Å²) in [6.45, 7) is 0.371. The number of benzene rings is 1. The highest BCUT2D eigenvalue weighted by Crippen LogP contribution is 2.17. The van der Waals surface area contributed by atoms with Crippen molar-refractivity contribution in [2.24, 2.45) is 0 Å². The van der Waals surface area contributed by atoms with Crippen molar-refractivity contribution in [1.29, 1.82) is 0 Å². The summed E-state index contributed by atoms with van der Waals surface area (Å²) < 4.78 is 1.62. The van der Waals surface area contributed by atoms with Gasteiger partial charge in [-0.3, -0.25) is 4.57 Å². The fraction of sp³-hybridized carbons (Fsp3) is 0.0769. The number of nitrogens with one attached hydrogen (secondary N) is 1. The van der Waals surface area contributed by atoms with Gasteiger partial charge in [-0.25, -0.2) is 4.98 Å². The molecule has 0 unspecified atom stereocenters. The van der Waals surface area contributed by atoms with Crippen molar-refractivity contribution in [3.05, 3.63) is 53.8 Å². The molecule has 0 amide bonds. The van der Waals surface area contributed by atoms with Gasteiger partial charge in [-0.2, -0.15) is 15.0 Å². The van der Waals surface area contributed by atoms with E-state index in [1.165, 1.54) is 0 Å². The van der Waals surface area contributed by atoms with Gasteiger partial charge in [-0.1, -0.05) is 18.2 Å². The summed E-state index contributed by atoms with van der Waals surface area (Å²) in [5.41, 5.74) is 0.734. The van der Waals surface area contributed by atoms with Crippen molar-refractivity contribution in [3.8, 4) is 11.7 Å². The van der Waals surface area contributed by atoms with E-state index in [0.717, 1.165) is 5.56 Å². The second-order valence-corrected chi connectivity index (χ2v) is 4.52. The van der Waals surface area contributed by atoms with Gasteiger partial charge >= 0.3 is 0 Å². The topological polar surface area (TPSA) is 88.8 Å². The minimum absolute atomic E-state index is 0.0773. The van der Waals surface area contributed by atoms with Gasteiger partial charge in [0.25, 0.3) is 0 Å². The number of hydrogen-bond donors (Lipinski definition) is 2. The van der Waals surface area contributed by atoms with Crippen molar-refractivity contribution in [2.75, 3.05) is 5.32 Å². The molecule has 1 aromatic carbocycles. The van der Waals surface area contributed by atoms with E-state index in [1.54, 1.807) is 35.4 Å². The lowest BCUT2D eigenvalue weighted by molar-refractivity contribution is 0.469. The Morgan fingerprint density at radius 1 is 1.19 bits per heavy atom. The molecule has 106 valence electrons. The third kappa shape index (κ3) is 3.09. The van der Waals surface area contributed by atoms with E-state index in [1.807, 2.05) is 12.1 Å². The van der Waals surface area contributed by atoms with E-state index < -0.39 is 0 Å². The standard InChI is InChI=1S/C13H11ClN6O/c14-11-17-12(16-7-9-3-1-2-4-10(9)21)19-13(18-11)20-6-5-15-8-20/h1-6,8,21H,7H2,(H,16,17,18,19). The number of nitrogens with zero attached hydrogens (tertiary/aromatic N) is 5. The first-order chi connectivity index (χ1) is 10.2. The molecular formula is C13H11ClN6O. The predicted octanol–water partition coefficient (Wildman–Crippen LogP) is 2.03. The molecule has 2 N–H and O–H groups in total. The third-order valence-corrected chi connectivity index (χ3v) is 2.93. The number of phenolic OH excluding ortho intramolecular Hbond substituents is 1. The molecule has 0 atom stereocenters. The summed E-state index contributed by atoms with van der Waals surface area (Å²) in [6.07, 6.45) is 4.89. The van der Waals surface area contributed by atoms with Crippen molar-refractivity contribution in [3.63, 3.8) is 0 Å². The molecule has 0 aliphatic heterocycles. The quantitative estimate of drug-likeness (QED) is 0.766. The Bertz CT molecular complexity index is 746. The first-order valence-corrected chi connectivity index (χ1v) is 6.51. The van der Waals surface area contributed by atoms with E-state index in [9.17, 15) is 5.11 Å². The normalized spacial score (nSPS) is 10.5. The van der Waals surface area contributed by atoms with E-state index in [0.29, 0.717) is 18.4 Å². The van der Waals surface area contributed by atoms with Crippen LogP contribution < -0.4 is 5.32 Å². The molecule has 0 fully saturated rings. The number of phenols is 1. The Labute approximate surface area is 125 Å². The zero-order valence-electron chi connectivity index (χ0n) is 10.8. The number of hydrogen-bond acceptors (Lipinski definition) is 6. The molecule has 3 rings (SSSR count). The van der Waals surface area contributed by atoms with Crippen LogP contribution in [0, 0.1) is 0 Å². The lowest BCUT2D eigenvalue weighted by Gasteiger charge is -2.08. The van der Waals surface area contributed by atoms with Crippen LogP contribution in [0.3, 0.4) is 0 Å². The molecule has 7 nitrogen and oxygen atoms in total. The minimum Gasteiger partial charge on any atom is -0.508 e. The Morgan fingerprint density at radius 2 is 2.05 bits per heavy atom. The average molecular weight is 303 g/mol. The van der Waals surface area contributed by atoms with Crippen LogP contribution in [0.5, 0.6) is 5.75 Å². The monoisotopic (exact) mass is 302 g/mol. The number of imidazole rings is 1. The SMILES string of the molecule is Oc1ccccc1CNc1nc(Cl)nc(-n2ccnc2)n1. The van der Waals surface area contributed by atoms with Gasteiger partial charge in [-0.15, -0.1) is 0 Å². The van der Waals surface area contributed by atoms with Crippen LogP contribution in [0.15, 0.2) is 43.0 Å². The molecule has 2 aromatic heterocycles. The fourth-order valence-corrected chi connectivity index (χ4v) is 1.90. The van der Waals surface area contributed by atoms with Crippen LogP contribution in [0.25, 0.3) is 5.95 Å². The molecule has 0 saturated carbocycles. The second kappa shape index (κ2) is 5.76. The summed E-state index contributed by atoms with van der Waals surface area (Å²) >= 11 is 5.89. The molecule has 0 aliphatic rings. The van der Waals surface area contributed by atoms with Crippen LogP contribution in [-0.4, -0.2) is 29.6 Å². The lowest BCUT2D eigenvalue weighted by Crippen LogP contribution is -2.08. The number of aromatic nitrogens is 5. The largest absolute Gasteiger partial charge is 0.508 e. The summed E-state index contributed by atoms with van der Waals surface area (Å²) in [4.78, 5) is 16.2. The molecule has 0 spiro atoms. The summed E-state index contributed by atoms with van der Waals surface area (Å²) in [5, 5.41) is 12.8. The molecule has 21 heavy (non-hydrogen) atoms. The highest BCUT2D eigenvalue weighted by Gasteiger charge is 2.07. The smallest absolute Gasteiger partial charge is 0.241 e. The van der Waals surface area contributed by atoms with E-state index in [-0.39, 0.29) is 11.0 Å². The summed E-state index contributed by atoms with van der Waals surface area (Å²) in [7, 11) is 0.